The summed E-state index contributed by atoms with van der Waals surface area (Å²) < 4.78 is 11.3. The Hall–Kier alpha value is -1.65. The number of aromatic nitrogens is 2. The minimum atomic E-state index is -0.0581. The maximum absolute atomic E-state index is 5.72. The summed E-state index contributed by atoms with van der Waals surface area (Å²) >= 11 is 0. The molecule has 0 radical (unpaired) electrons. The molecule has 0 amide bonds. The zero-order valence-corrected chi connectivity index (χ0v) is 10.8. The van der Waals surface area contributed by atoms with Crippen LogP contribution in [0.5, 0.6) is 0 Å². The first-order chi connectivity index (χ1) is 9.42. The molecule has 1 N–H and O–H groups in total. The van der Waals surface area contributed by atoms with Crippen LogP contribution in [0.25, 0.3) is 11.3 Å². The van der Waals surface area contributed by atoms with Crippen LogP contribution in [0.2, 0.25) is 0 Å². The van der Waals surface area contributed by atoms with Gasteiger partial charge in [0.25, 0.3) is 0 Å². The molecular formula is C15H18N2O2. The van der Waals surface area contributed by atoms with Gasteiger partial charge < -0.3 is 9.47 Å². The van der Waals surface area contributed by atoms with Crippen molar-refractivity contribution in [3.63, 3.8) is 0 Å². The first kappa shape index (κ1) is 12.4. The number of hydrogen-bond acceptors (Lipinski definition) is 3. The topological polar surface area (TPSA) is 47.1 Å². The van der Waals surface area contributed by atoms with E-state index in [-0.39, 0.29) is 6.29 Å². The molecule has 1 fully saturated rings. The third kappa shape index (κ3) is 3.22. The van der Waals surface area contributed by atoms with Crippen molar-refractivity contribution in [2.45, 2.75) is 32.2 Å². The van der Waals surface area contributed by atoms with Crippen molar-refractivity contribution in [2.75, 3.05) is 6.61 Å². The number of H-pyrrole nitrogens is 1. The second-order valence-corrected chi connectivity index (χ2v) is 4.75. The van der Waals surface area contributed by atoms with Gasteiger partial charge in [-0.05, 0) is 25.3 Å². The highest BCUT2D eigenvalue weighted by atomic mass is 16.7. The maximum Gasteiger partial charge on any atom is 0.158 e. The second kappa shape index (κ2) is 5.99. The Bertz CT molecular complexity index is 504. The van der Waals surface area contributed by atoms with E-state index in [2.05, 4.69) is 10.2 Å². The lowest BCUT2D eigenvalue weighted by atomic mass is 10.1. The minimum Gasteiger partial charge on any atom is -0.353 e. The van der Waals surface area contributed by atoms with Gasteiger partial charge in [0.05, 0.1) is 18.0 Å². The fourth-order valence-corrected chi connectivity index (χ4v) is 2.22. The zero-order valence-electron chi connectivity index (χ0n) is 10.8. The Labute approximate surface area is 112 Å². The SMILES string of the molecule is c1ccc(-c2cc(COC3CCCCO3)[nH]n2)cc1. The van der Waals surface area contributed by atoms with E-state index >= 15 is 0 Å². The maximum atomic E-state index is 5.72. The Morgan fingerprint density at radius 3 is 2.95 bits per heavy atom. The van der Waals surface area contributed by atoms with Crippen molar-refractivity contribution in [1.82, 2.24) is 10.2 Å². The molecule has 1 atom stereocenters. The van der Waals surface area contributed by atoms with Gasteiger partial charge in [0.15, 0.2) is 6.29 Å². The molecule has 2 aromatic rings. The van der Waals surface area contributed by atoms with Gasteiger partial charge in [-0.1, -0.05) is 30.3 Å². The van der Waals surface area contributed by atoms with Crippen LogP contribution in [0.1, 0.15) is 25.0 Å². The number of benzene rings is 1. The standard InChI is InChI=1S/C15H18N2O2/c1-2-6-12(7-3-1)14-10-13(16-17-14)11-19-15-8-4-5-9-18-15/h1-3,6-7,10,15H,4-5,8-9,11H2,(H,16,17). The smallest absolute Gasteiger partial charge is 0.158 e. The van der Waals surface area contributed by atoms with Gasteiger partial charge in [0.2, 0.25) is 0 Å². The van der Waals surface area contributed by atoms with E-state index in [0.717, 1.165) is 36.4 Å². The monoisotopic (exact) mass is 258 g/mol. The molecule has 1 saturated heterocycles. The van der Waals surface area contributed by atoms with Crippen LogP contribution in [0.15, 0.2) is 36.4 Å². The van der Waals surface area contributed by atoms with Crippen molar-refractivity contribution in [1.29, 1.82) is 0 Å². The third-order valence-electron chi connectivity index (χ3n) is 3.26. The summed E-state index contributed by atoms with van der Waals surface area (Å²) in [6.07, 6.45) is 3.25. The van der Waals surface area contributed by atoms with Gasteiger partial charge in [-0.2, -0.15) is 5.10 Å². The van der Waals surface area contributed by atoms with Crippen LogP contribution in [0.4, 0.5) is 0 Å². The Balaban J connectivity index is 1.59. The third-order valence-corrected chi connectivity index (χ3v) is 3.26. The average Bonchev–Trinajstić information content (AvgIpc) is 2.96. The zero-order chi connectivity index (χ0) is 12.9. The van der Waals surface area contributed by atoms with Gasteiger partial charge in [-0.15, -0.1) is 0 Å². The number of nitrogens with one attached hydrogen (secondary N) is 1. The summed E-state index contributed by atoms with van der Waals surface area (Å²) in [6, 6.07) is 12.1. The van der Waals surface area contributed by atoms with E-state index < -0.39 is 0 Å². The molecule has 1 unspecified atom stereocenters. The van der Waals surface area contributed by atoms with E-state index in [1.54, 1.807) is 0 Å². The number of aromatic amines is 1. The lowest BCUT2D eigenvalue weighted by molar-refractivity contribution is -0.169. The van der Waals surface area contributed by atoms with E-state index in [1.165, 1.54) is 6.42 Å². The quantitative estimate of drug-likeness (QED) is 0.916. The summed E-state index contributed by atoms with van der Waals surface area (Å²) in [5.74, 6) is 0. The van der Waals surface area contributed by atoms with Crippen LogP contribution in [0.3, 0.4) is 0 Å². The highest BCUT2D eigenvalue weighted by Crippen LogP contribution is 2.19. The molecule has 4 heteroatoms. The predicted octanol–water partition coefficient (Wildman–Crippen LogP) is 3.12. The molecule has 0 spiro atoms. The van der Waals surface area contributed by atoms with E-state index in [9.17, 15) is 0 Å². The Morgan fingerprint density at radius 1 is 1.26 bits per heavy atom. The largest absolute Gasteiger partial charge is 0.353 e. The molecule has 4 nitrogen and oxygen atoms in total. The van der Waals surface area contributed by atoms with Crippen LogP contribution >= 0.6 is 0 Å². The molecule has 1 aromatic carbocycles. The predicted molar refractivity (Wildman–Crippen MR) is 72.4 cm³/mol. The van der Waals surface area contributed by atoms with E-state index in [1.807, 2.05) is 36.4 Å². The fourth-order valence-electron chi connectivity index (χ4n) is 2.22. The number of nitrogens with zero attached hydrogens (tertiary/aromatic N) is 1. The van der Waals surface area contributed by atoms with Gasteiger partial charge in [0, 0.05) is 12.2 Å². The van der Waals surface area contributed by atoms with Crippen molar-refractivity contribution >= 4 is 0 Å². The minimum absolute atomic E-state index is 0.0581. The summed E-state index contributed by atoms with van der Waals surface area (Å²) in [5.41, 5.74) is 3.04. The summed E-state index contributed by atoms with van der Waals surface area (Å²) in [7, 11) is 0. The van der Waals surface area contributed by atoms with Gasteiger partial charge in [0.1, 0.15) is 0 Å². The van der Waals surface area contributed by atoms with E-state index in [0.29, 0.717) is 6.61 Å². The first-order valence-electron chi connectivity index (χ1n) is 6.75. The summed E-state index contributed by atoms with van der Waals surface area (Å²) in [4.78, 5) is 0. The number of hydrogen-bond donors (Lipinski definition) is 1. The van der Waals surface area contributed by atoms with Crippen molar-refractivity contribution < 1.29 is 9.47 Å². The molecular weight excluding hydrogens is 240 g/mol. The molecule has 0 aliphatic carbocycles. The summed E-state index contributed by atoms with van der Waals surface area (Å²) in [6.45, 7) is 1.33. The van der Waals surface area contributed by atoms with Crippen molar-refractivity contribution in [3.8, 4) is 11.3 Å². The first-order valence-corrected chi connectivity index (χ1v) is 6.75. The molecule has 3 rings (SSSR count). The normalized spacial score (nSPS) is 19.5. The molecule has 0 saturated carbocycles. The molecule has 100 valence electrons. The Morgan fingerprint density at radius 2 is 2.16 bits per heavy atom. The van der Waals surface area contributed by atoms with E-state index in [4.69, 9.17) is 9.47 Å². The second-order valence-electron chi connectivity index (χ2n) is 4.75. The Kier molecular flexibility index (Phi) is 3.91. The average molecular weight is 258 g/mol. The van der Waals surface area contributed by atoms with Gasteiger partial charge in [-0.25, -0.2) is 0 Å². The molecule has 2 heterocycles. The van der Waals surface area contributed by atoms with Crippen molar-refractivity contribution in [3.05, 3.63) is 42.1 Å². The van der Waals surface area contributed by atoms with Crippen LogP contribution in [-0.4, -0.2) is 23.1 Å². The molecule has 0 bridgehead atoms. The summed E-state index contributed by atoms with van der Waals surface area (Å²) in [5, 5.41) is 7.32. The lowest BCUT2D eigenvalue weighted by Crippen LogP contribution is -2.22. The van der Waals surface area contributed by atoms with Crippen LogP contribution < -0.4 is 0 Å². The number of ether oxygens (including phenoxy) is 2. The van der Waals surface area contributed by atoms with Gasteiger partial charge in [-0.3, -0.25) is 5.10 Å². The highest BCUT2D eigenvalue weighted by molar-refractivity contribution is 5.58. The molecule has 1 aliphatic heterocycles. The van der Waals surface area contributed by atoms with Crippen LogP contribution in [-0.2, 0) is 16.1 Å². The lowest BCUT2D eigenvalue weighted by Gasteiger charge is -2.22. The fraction of sp³-hybridized carbons (Fsp3) is 0.400. The molecule has 19 heavy (non-hydrogen) atoms. The van der Waals surface area contributed by atoms with Crippen LogP contribution in [0, 0.1) is 0 Å². The van der Waals surface area contributed by atoms with Crippen molar-refractivity contribution in [2.24, 2.45) is 0 Å². The highest BCUT2D eigenvalue weighted by Gasteiger charge is 2.14. The molecule has 1 aromatic heterocycles. The molecule has 1 aliphatic rings. The van der Waals surface area contributed by atoms with Gasteiger partial charge >= 0.3 is 0 Å². The number of rotatable bonds is 4.